The molecule has 4 fully saturated rings. The smallest absolute Gasteiger partial charge is 0.103 e. The molecule has 6 rings (SSSR count). The first-order chi connectivity index (χ1) is 21.8. The Balaban J connectivity index is 1.55. The van der Waals surface area contributed by atoms with E-state index >= 15 is 0 Å². The molecule has 0 saturated heterocycles. The van der Waals surface area contributed by atoms with Crippen molar-refractivity contribution >= 4 is 18.4 Å². The van der Waals surface area contributed by atoms with Gasteiger partial charge in [-0.15, -0.1) is 6.58 Å². The zero-order valence-electron chi connectivity index (χ0n) is 31.0. The lowest BCUT2D eigenvalue weighted by Gasteiger charge is -2.52. The van der Waals surface area contributed by atoms with Gasteiger partial charge in [0.05, 0.1) is 0 Å². The molecule has 2 aromatic carbocycles. The lowest BCUT2D eigenvalue weighted by molar-refractivity contribution is 0.0722. The van der Waals surface area contributed by atoms with Crippen LogP contribution in [0.4, 0.5) is 0 Å². The summed E-state index contributed by atoms with van der Waals surface area (Å²) >= 11 is 0. The van der Waals surface area contributed by atoms with Crippen LogP contribution in [0.5, 0.6) is 0 Å². The highest BCUT2D eigenvalue weighted by molar-refractivity contribution is 7.04. The minimum absolute atomic E-state index is 0.377. The highest BCUT2D eigenvalue weighted by Gasteiger charge is 2.65. The molecule has 0 aromatic heterocycles. The van der Waals surface area contributed by atoms with E-state index in [9.17, 15) is 0 Å². The van der Waals surface area contributed by atoms with Gasteiger partial charge in [0.15, 0.2) is 0 Å². The molecule has 0 N–H and O–H groups in total. The third kappa shape index (κ3) is 6.18. The molecule has 0 aliphatic heterocycles. The second kappa shape index (κ2) is 13.0. The molecule has 4 saturated carbocycles. The van der Waals surface area contributed by atoms with Gasteiger partial charge < -0.3 is 0 Å². The lowest BCUT2D eigenvalue weighted by atomic mass is 9.62. The molecule has 0 spiro atoms. The summed E-state index contributed by atoms with van der Waals surface area (Å²) in [7, 11) is -2.25. The van der Waals surface area contributed by atoms with E-state index in [4.69, 9.17) is 0 Å². The average molecular weight is 637 g/mol. The van der Waals surface area contributed by atoms with Gasteiger partial charge in [-0.3, -0.25) is 0 Å². The molecule has 0 radical (unpaired) electrons. The van der Waals surface area contributed by atoms with Crippen molar-refractivity contribution in [2.45, 2.75) is 137 Å². The Kier molecular flexibility index (Phi) is 9.70. The van der Waals surface area contributed by atoms with Crippen LogP contribution in [-0.4, -0.2) is 8.07 Å². The fourth-order valence-corrected chi connectivity index (χ4v) is 19.9. The van der Waals surface area contributed by atoms with Crippen molar-refractivity contribution < 1.29 is 0 Å². The molecule has 0 nitrogen and oxygen atoms in total. The van der Waals surface area contributed by atoms with E-state index in [1.807, 2.05) is 0 Å². The van der Waals surface area contributed by atoms with Crippen molar-refractivity contribution in [1.29, 1.82) is 0 Å². The molecule has 252 valence electrons. The van der Waals surface area contributed by atoms with Gasteiger partial charge in [-0.05, 0) is 133 Å². The number of allylic oxidation sites excluding steroid dienone is 1. The topological polar surface area (TPSA) is 0 Å². The van der Waals surface area contributed by atoms with Gasteiger partial charge in [0.1, 0.15) is 8.07 Å². The van der Waals surface area contributed by atoms with Crippen LogP contribution < -0.4 is 10.4 Å². The normalized spacial score (nSPS) is 33.8. The Morgan fingerprint density at radius 1 is 0.587 bits per heavy atom. The molecule has 0 bridgehead atoms. The molecule has 0 amide bonds. The van der Waals surface area contributed by atoms with E-state index in [1.54, 1.807) is 10.4 Å². The van der Waals surface area contributed by atoms with Crippen molar-refractivity contribution in [2.24, 2.45) is 57.7 Å². The number of rotatable bonds is 8. The van der Waals surface area contributed by atoms with Crippen LogP contribution in [0.1, 0.15) is 126 Å². The Hall–Kier alpha value is -1.60. The lowest BCUT2D eigenvalue weighted by Crippen LogP contribution is -2.66. The Bertz CT molecular complexity index is 1210. The summed E-state index contributed by atoms with van der Waals surface area (Å²) in [6.07, 6.45) is 17.7. The molecule has 2 aromatic rings. The van der Waals surface area contributed by atoms with Crippen molar-refractivity contribution in [2.75, 3.05) is 0 Å². The van der Waals surface area contributed by atoms with Crippen molar-refractivity contribution in [3.63, 3.8) is 0 Å². The van der Waals surface area contributed by atoms with Crippen LogP contribution in [0.15, 0.2) is 73.3 Å². The molecule has 0 heterocycles. The van der Waals surface area contributed by atoms with Gasteiger partial charge in [-0.25, -0.2) is 0 Å². The van der Waals surface area contributed by atoms with Crippen LogP contribution in [0, 0.1) is 57.7 Å². The third-order valence-corrected chi connectivity index (χ3v) is 21.3. The first-order valence-electron chi connectivity index (χ1n) is 19.5. The van der Waals surface area contributed by atoms with Crippen LogP contribution >= 0.6 is 0 Å². The Labute approximate surface area is 285 Å². The minimum Gasteiger partial charge on any atom is -0.103 e. The standard InChI is InChI=1S/C45H68Si/c1-10-11-28-45(8,9)34-22-25-37(29-34)46(35-18-14-12-15-19-35,36-20-16-13-17-21-36)42-40-30-32(43(2,3)4)23-26-38(40)39-27-24-33(31-41(39)42)44(5,6)7/h10,12-21,32-34,37-42H,1,11,22-31H2,2-9H3. The zero-order valence-corrected chi connectivity index (χ0v) is 32.0. The van der Waals surface area contributed by atoms with Crippen LogP contribution in [0.25, 0.3) is 0 Å². The first kappa shape index (κ1) is 34.3. The fraction of sp³-hybridized carbons (Fsp3) is 0.689. The van der Waals surface area contributed by atoms with Gasteiger partial charge in [-0.2, -0.15) is 0 Å². The van der Waals surface area contributed by atoms with Gasteiger partial charge in [0.25, 0.3) is 0 Å². The zero-order chi connectivity index (χ0) is 32.9. The molecule has 46 heavy (non-hydrogen) atoms. The molecule has 4 aliphatic rings. The van der Waals surface area contributed by atoms with Crippen molar-refractivity contribution in [1.82, 2.24) is 0 Å². The largest absolute Gasteiger partial charge is 0.124 e. The summed E-state index contributed by atoms with van der Waals surface area (Å²) in [6, 6.07) is 24.7. The third-order valence-electron chi connectivity index (χ3n) is 15.0. The highest BCUT2D eigenvalue weighted by atomic mass is 28.3. The fourth-order valence-electron chi connectivity index (χ4n) is 12.4. The predicted molar refractivity (Wildman–Crippen MR) is 204 cm³/mol. The molecular formula is C45H68Si. The van der Waals surface area contributed by atoms with Crippen LogP contribution in [-0.2, 0) is 0 Å². The summed E-state index contributed by atoms with van der Waals surface area (Å²) in [4.78, 5) is 0. The Morgan fingerprint density at radius 3 is 1.48 bits per heavy atom. The Morgan fingerprint density at radius 2 is 1.04 bits per heavy atom. The first-order valence-corrected chi connectivity index (χ1v) is 21.7. The SMILES string of the molecule is C=CCCC(C)(C)C1CCC([Si](c2ccccc2)(c2ccccc2)C2C3CC(C(C)(C)C)CCC3C3CCC(C(C)(C)C)CC32)C1. The number of hydrogen-bond acceptors (Lipinski definition) is 0. The van der Waals surface area contributed by atoms with E-state index in [0.717, 1.165) is 58.9 Å². The molecule has 8 atom stereocenters. The number of hydrogen-bond donors (Lipinski definition) is 0. The van der Waals surface area contributed by atoms with E-state index in [2.05, 4.69) is 129 Å². The van der Waals surface area contributed by atoms with E-state index in [-0.39, 0.29) is 0 Å². The van der Waals surface area contributed by atoms with Gasteiger partial charge in [-0.1, -0.05) is 139 Å². The number of benzene rings is 2. The average Bonchev–Trinajstić information content (AvgIpc) is 3.65. The molecule has 1 heteroatoms. The van der Waals surface area contributed by atoms with Gasteiger partial charge in [0.2, 0.25) is 0 Å². The molecular weight excluding hydrogens is 569 g/mol. The van der Waals surface area contributed by atoms with Crippen LogP contribution in [0.3, 0.4) is 0 Å². The monoisotopic (exact) mass is 637 g/mol. The highest BCUT2D eigenvalue weighted by Crippen LogP contribution is 2.68. The minimum atomic E-state index is -2.25. The second-order valence-electron chi connectivity index (χ2n) is 19.6. The molecule has 4 aliphatic carbocycles. The maximum atomic E-state index is 4.11. The van der Waals surface area contributed by atoms with E-state index in [0.29, 0.717) is 16.2 Å². The van der Waals surface area contributed by atoms with E-state index in [1.165, 1.54) is 64.2 Å². The summed E-state index contributed by atoms with van der Waals surface area (Å²) < 4.78 is 0. The summed E-state index contributed by atoms with van der Waals surface area (Å²) in [6.45, 7) is 24.6. The van der Waals surface area contributed by atoms with Crippen molar-refractivity contribution in [3.05, 3.63) is 73.3 Å². The van der Waals surface area contributed by atoms with Gasteiger partial charge >= 0.3 is 0 Å². The predicted octanol–water partition coefficient (Wildman–Crippen LogP) is 12.0. The summed E-state index contributed by atoms with van der Waals surface area (Å²) in [5, 5.41) is 3.55. The van der Waals surface area contributed by atoms with Crippen molar-refractivity contribution in [3.8, 4) is 0 Å². The maximum absolute atomic E-state index is 4.11. The second-order valence-corrected chi connectivity index (χ2v) is 23.9. The quantitative estimate of drug-likeness (QED) is 0.200. The summed E-state index contributed by atoms with van der Waals surface area (Å²) in [5.41, 5.74) is 2.84. The van der Waals surface area contributed by atoms with Crippen LogP contribution in [0.2, 0.25) is 11.1 Å². The number of fused-ring (bicyclic) bond motifs is 3. The maximum Gasteiger partial charge on any atom is 0.124 e. The summed E-state index contributed by atoms with van der Waals surface area (Å²) in [5.74, 6) is 6.15. The van der Waals surface area contributed by atoms with Gasteiger partial charge in [0, 0.05) is 0 Å². The molecule has 8 unspecified atom stereocenters. The van der Waals surface area contributed by atoms with E-state index < -0.39 is 8.07 Å².